The van der Waals surface area contributed by atoms with E-state index in [1.165, 1.54) is 38.0 Å². The molecule has 0 spiro atoms. The highest BCUT2D eigenvalue weighted by atomic mass is 15.3. The number of hydrogen-bond acceptors (Lipinski definition) is 4. The smallest absolute Gasteiger partial charge is 0.128 e. The van der Waals surface area contributed by atoms with Crippen molar-refractivity contribution < 1.29 is 0 Å². The number of anilines is 1. The summed E-state index contributed by atoms with van der Waals surface area (Å²) in [4.78, 5) is 9.48. The van der Waals surface area contributed by atoms with Crippen LogP contribution < -0.4 is 10.6 Å². The Labute approximate surface area is 115 Å². The molecule has 1 aliphatic heterocycles. The monoisotopic (exact) mass is 260 g/mol. The molecule has 1 atom stereocenters. The Bertz CT molecular complexity index is 420. The van der Waals surface area contributed by atoms with E-state index in [0.717, 1.165) is 24.8 Å². The summed E-state index contributed by atoms with van der Waals surface area (Å²) < 4.78 is 0. The van der Waals surface area contributed by atoms with E-state index >= 15 is 0 Å². The largest absolute Gasteiger partial charge is 0.354 e. The second-order valence-electron chi connectivity index (χ2n) is 5.97. The standard InChI is InChI=1S/C15H24N4/c1-12(16)14-4-5-17-15(10-14)19-8-6-18(7-9-19)11-13-2-3-13/h4-5,10,12-13H,2-3,6-9,11,16H2,1H3/t12-/m0/s1. The van der Waals surface area contributed by atoms with Gasteiger partial charge in [0.15, 0.2) is 0 Å². The molecule has 1 aromatic rings. The number of aromatic nitrogens is 1. The predicted molar refractivity (Wildman–Crippen MR) is 78.2 cm³/mol. The van der Waals surface area contributed by atoms with Crippen LogP contribution in [0.2, 0.25) is 0 Å². The minimum Gasteiger partial charge on any atom is -0.354 e. The summed E-state index contributed by atoms with van der Waals surface area (Å²) in [6.45, 7) is 7.83. The maximum Gasteiger partial charge on any atom is 0.128 e. The molecule has 4 nitrogen and oxygen atoms in total. The molecule has 1 saturated heterocycles. The summed E-state index contributed by atoms with van der Waals surface area (Å²) in [7, 11) is 0. The summed E-state index contributed by atoms with van der Waals surface area (Å²) in [5, 5.41) is 0. The highest BCUT2D eigenvalue weighted by Crippen LogP contribution is 2.30. The molecule has 0 amide bonds. The fourth-order valence-electron chi connectivity index (χ4n) is 2.72. The lowest BCUT2D eigenvalue weighted by atomic mass is 10.1. The Kier molecular flexibility index (Phi) is 3.71. The van der Waals surface area contributed by atoms with Gasteiger partial charge in [-0.05, 0) is 43.4 Å². The lowest BCUT2D eigenvalue weighted by Crippen LogP contribution is -2.47. The quantitative estimate of drug-likeness (QED) is 0.894. The van der Waals surface area contributed by atoms with Gasteiger partial charge >= 0.3 is 0 Å². The van der Waals surface area contributed by atoms with Crippen LogP contribution in [0.3, 0.4) is 0 Å². The third-order valence-electron chi connectivity index (χ3n) is 4.20. The van der Waals surface area contributed by atoms with Crippen LogP contribution in [0.25, 0.3) is 0 Å². The van der Waals surface area contributed by atoms with Crippen molar-refractivity contribution in [3.05, 3.63) is 23.9 Å². The first-order chi connectivity index (χ1) is 9.22. The van der Waals surface area contributed by atoms with Gasteiger partial charge in [-0.1, -0.05) is 0 Å². The molecule has 104 valence electrons. The van der Waals surface area contributed by atoms with E-state index < -0.39 is 0 Å². The molecule has 0 aromatic carbocycles. The van der Waals surface area contributed by atoms with Gasteiger partial charge in [-0.25, -0.2) is 4.98 Å². The Morgan fingerprint density at radius 1 is 1.32 bits per heavy atom. The van der Waals surface area contributed by atoms with Crippen LogP contribution in [0.15, 0.2) is 18.3 Å². The van der Waals surface area contributed by atoms with Gasteiger partial charge in [-0.15, -0.1) is 0 Å². The van der Waals surface area contributed by atoms with Crippen molar-refractivity contribution in [1.82, 2.24) is 9.88 Å². The Hall–Kier alpha value is -1.13. The molecule has 1 saturated carbocycles. The van der Waals surface area contributed by atoms with Gasteiger partial charge in [0.05, 0.1) is 0 Å². The minimum atomic E-state index is 0.0814. The SMILES string of the molecule is C[C@H](N)c1ccnc(N2CCN(CC3CC3)CC2)c1. The van der Waals surface area contributed by atoms with Crippen LogP contribution in [0.4, 0.5) is 5.82 Å². The van der Waals surface area contributed by atoms with Crippen LogP contribution in [0.5, 0.6) is 0 Å². The molecule has 0 bridgehead atoms. The number of piperazine rings is 1. The Morgan fingerprint density at radius 3 is 2.68 bits per heavy atom. The van der Waals surface area contributed by atoms with Gasteiger partial charge < -0.3 is 10.6 Å². The lowest BCUT2D eigenvalue weighted by molar-refractivity contribution is 0.247. The van der Waals surface area contributed by atoms with Crippen molar-refractivity contribution in [2.45, 2.75) is 25.8 Å². The Morgan fingerprint density at radius 2 is 2.05 bits per heavy atom. The molecule has 3 rings (SSSR count). The summed E-state index contributed by atoms with van der Waals surface area (Å²) in [6, 6.07) is 4.23. The molecule has 2 aliphatic rings. The average molecular weight is 260 g/mol. The summed E-state index contributed by atoms with van der Waals surface area (Å²) in [5.41, 5.74) is 7.11. The molecule has 2 heterocycles. The van der Waals surface area contributed by atoms with Crippen LogP contribution in [-0.4, -0.2) is 42.6 Å². The van der Waals surface area contributed by atoms with E-state index in [-0.39, 0.29) is 6.04 Å². The summed E-state index contributed by atoms with van der Waals surface area (Å²) >= 11 is 0. The molecule has 19 heavy (non-hydrogen) atoms. The van der Waals surface area contributed by atoms with Gasteiger partial charge in [0.1, 0.15) is 5.82 Å². The van der Waals surface area contributed by atoms with Gasteiger partial charge in [0.2, 0.25) is 0 Å². The summed E-state index contributed by atoms with van der Waals surface area (Å²) in [5.74, 6) is 2.08. The van der Waals surface area contributed by atoms with Crippen molar-refractivity contribution in [1.29, 1.82) is 0 Å². The van der Waals surface area contributed by atoms with Gasteiger partial charge in [0.25, 0.3) is 0 Å². The first kappa shape index (κ1) is 12.9. The third-order valence-corrected chi connectivity index (χ3v) is 4.20. The molecular weight excluding hydrogens is 236 g/mol. The first-order valence-corrected chi connectivity index (χ1v) is 7.41. The maximum atomic E-state index is 5.94. The van der Waals surface area contributed by atoms with E-state index in [1.54, 1.807) is 0 Å². The zero-order chi connectivity index (χ0) is 13.2. The second-order valence-corrected chi connectivity index (χ2v) is 5.97. The normalized spacial score (nSPS) is 22.5. The number of nitrogens with zero attached hydrogens (tertiary/aromatic N) is 3. The topological polar surface area (TPSA) is 45.4 Å². The van der Waals surface area contributed by atoms with E-state index in [4.69, 9.17) is 5.73 Å². The van der Waals surface area contributed by atoms with E-state index in [9.17, 15) is 0 Å². The molecule has 2 N–H and O–H groups in total. The fraction of sp³-hybridized carbons (Fsp3) is 0.667. The molecule has 0 radical (unpaired) electrons. The second kappa shape index (κ2) is 5.47. The third kappa shape index (κ3) is 3.25. The number of pyridine rings is 1. The zero-order valence-electron chi connectivity index (χ0n) is 11.8. The zero-order valence-corrected chi connectivity index (χ0v) is 11.8. The fourth-order valence-corrected chi connectivity index (χ4v) is 2.72. The molecule has 4 heteroatoms. The van der Waals surface area contributed by atoms with Crippen molar-refractivity contribution in [3.8, 4) is 0 Å². The van der Waals surface area contributed by atoms with Gasteiger partial charge in [-0.3, -0.25) is 4.90 Å². The van der Waals surface area contributed by atoms with Crippen molar-refractivity contribution >= 4 is 5.82 Å². The lowest BCUT2D eigenvalue weighted by Gasteiger charge is -2.35. The van der Waals surface area contributed by atoms with E-state index in [1.807, 2.05) is 19.2 Å². The first-order valence-electron chi connectivity index (χ1n) is 7.41. The van der Waals surface area contributed by atoms with Crippen LogP contribution in [-0.2, 0) is 0 Å². The molecule has 1 aromatic heterocycles. The average Bonchev–Trinajstić information content (AvgIpc) is 3.24. The predicted octanol–water partition coefficient (Wildman–Crippen LogP) is 1.63. The van der Waals surface area contributed by atoms with Crippen LogP contribution >= 0.6 is 0 Å². The highest BCUT2D eigenvalue weighted by Gasteiger charge is 2.26. The maximum absolute atomic E-state index is 5.94. The van der Waals surface area contributed by atoms with E-state index in [0.29, 0.717) is 0 Å². The number of nitrogens with two attached hydrogens (primary N) is 1. The minimum absolute atomic E-state index is 0.0814. The molecular formula is C15H24N4. The Balaban J connectivity index is 1.59. The van der Waals surface area contributed by atoms with E-state index in [2.05, 4.69) is 20.9 Å². The molecule has 1 aliphatic carbocycles. The highest BCUT2D eigenvalue weighted by molar-refractivity contribution is 5.42. The number of rotatable bonds is 4. The van der Waals surface area contributed by atoms with Gasteiger partial charge in [0, 0.05) is 45.0 Å². The van der Waals surface area contributed by atoms with Gasteiger partial charge in [-0.2, -0.15) is 0 Å². The summed E-state index contributed by atoms with van der Waals surface area (Å²) in [6.07, 6.45) is 4.76. The van der Waals surface area contributed by atoms with Crippen molar-refractivity contribution in [3.63, 3.8) is 0 Å². The van der Waals surface area contributed by atoms with Crippen LogP contribution in [0.1, 0.15) is 31.4 Å². The molecule has 0 unspecified atom stereocenters. The van der Waals surface area contributed by atoms with Crippen molar-refractivity contribution in [2.75, 3.05) is 37.6 Å². The molecule has 2 fully saturated rings. The number of hydrogen-bond donors (Lipinski definition) is 1. The van der Waals surface area contributed by atoms with Crippen molar-refractivity contribution in [2.24, 2.45) is 11.7 Å². The van der Waals surface area contributed by atoms with Crippen LogP contribution in [0, 0.1) is 5.92 Å².